The van der Waals surface area contributed by atoms with Crippen LogP contribution in [0, 0.1) is 0 Å². The van der Waals surface area contributed by atoms with Crippen LogP contribution in [0.1, 0.15) is 45.4 Å². The van der Waals surface area contributed by atoms with Crippen LogP contribution in [0.5, 0.6) is 5.75 Å². The number of carbonyl (C=O) groups excluding carboxylic acids is 1. The monoisotopic (exact) mass is 394 g/mol. The first-order chi connectivity index (χ1) is 11.4. The minimum atomic E-state index is -1.67. The van der Waals surface area contributed by atoms with Crippen LogP contribution in [0.4, 0.5) is 5.69 Å². The quantitative estimate of drug-likeness (QED) is 0.322. The van der Waals surface area contributed by atoms with Crippen molar-refractivity contribution in [2.45, 2.75) is 55.4 Å². The summed E-state index contributed by atoms with van der Waals surface area (Å²) < 4.78 is 3.43. The molecule has 7 heteroatoms. The summed E-state index contributed by atoms with van der Waals surface area (Å²) in [7, 11) is 1.59. The molecule has 0 aliphatic carbocycles. The highest BCUT2D eigenvalue weighted by Crippen LogP contribution is 2.31. The second-order valence-corrected chi connectivity index (χ2v) is 7.95. The summed E-state index contributed by atoms with van der Waals surface area (Å²) in [6, 6.07) is 7.15. The van der Waals surface area contributed by atoms with E-state index >= 15 is 0 Å². The first-order valence-electron chi connectivity index (χ1n) is 8.13. The van der Waals surface area contributed by atoms with Gasteiger partial charge in [0, 0.05) is 12.1 Å². The van der Waals surface area contributed by atoms with Gasteiger partial charge in [-0.1, -0.05) is 67.4 Å². The van der Waals surface area contributed by atoms with Crippen molar-refractivity contribution in [2.75, 3.05) is 12.4 Å². The van der Waals surface area contributed by atoms with Gasteiger partial charge in [0.1, 0.15) is 11.9 Å². The second kappa shape index (κ2) is 10.9. The van der Waals surface area contributed by atoms with Crippen molar-refractivity contribution in [3.05, 3.63) is 24.3 Å². The summed E-state index contributed by atoms with van der Waals surface area (Å²) in [6.45, 7) is 2.16. The van der Waals surface area contributed by atoms with Crippen LogP contribution in [0.2, 0.25) is 0 Å². The third kappa shape index (κ3) is 8.32. The molecule has 1 aromatic rings. The number of benzene rings is 1. The summed E-state index contributed by atoms with van der Waals surface area (Å²) in [6.07, 6.45) is 4.98. The molecule has 1 atom stereocenters. The van der Waals surface area contributed by atoms with Gasteiger partial charge in [-0.15, -0.1) is 0 Å². The van der Waals surface area contributed by atoms with E-state index in [9.17, 15) is 4.79 Å². The number of alkyl halides is 3. The zero-order valence-corrected chi connectivity index (χ0v) is 16.3. The Morgan fingerprint density at radius 2 is 1.75 bits per heavy atom. The molecule has 1 aromatic carbocycles. The normalized spacial score (nSPS) is 12.5. The lowest BCUT2D eigenvalue weighted by molar-refractivity contribution is -0.121. The van der Waals surface area contributed by atoms with Gasteiger partial charge in [-0.2, -0.15) is 0 Å². The zero-order chi connectivity index (χ0) is 18.0. The molecular weight excluding hydrogens is 371 g/mol. The smallest absolute Gasteiger partial charge is 0.228 e. The zero-order valence-electron chi connectivity index (χ0n) is 14.1. The third-order valence-electron chi connectivity index (χ3n) is 3.54. The summed E-state index contributed by atoms with van der Waals surface area (Å²) in [4.78, 5) is 12.1. The van der Waals surface area contributed by atoms with Crippen molar-refractivity contribution in [2.24, 2.45) is 0 Å². The number of amides is 1. The predicted molar refractivity (Wildman–Crippen MR) is 102 cm³/mol. The number of rotatable bonds is 10. The molecule has 0 saturated carbocycles. The average Bonchev–Trinajstić information content (AvgIpc) is 2.54. The molecule has 0 heterocycles. The van der Waals surface area contributed by atoms with Crippen LogP contribution >= 0.6 is 34.8 Å². The van der Waals surface area contributed by atoms with Gasteiger partial charge in [0.05, 0.1) is 7.11 Å². The van der Waals surface area contributed by atoms with Gasteiger partial charge in [0.2, 0.25) is 9.70 Å². The molecule has 1 rings (SSSR count). The average molecular weight is 396 g/mol. The van der Waals surface area contributed by atoms with Crippen molar-refractivity contribution in [3.8, 4) is 5.75 Å². The molecule has 0 aromatic heterocycles. The van der Waals surface area contributed by atoms with Crippen molar-refractivity contribution in [3.63, 3.8) is 0 Å². The van der Waals surface area contributed by atoms with Gasteiger partial charge in [-0.25, -0.2) is 0 Å². The van der Waals surface area contributed by atoms with Crippen LogP contribution in [-0.4, -0.2) is 23.0 Å². The number of anilines is 1. The number of hydrogen-bond donors (Lipinski definition) is 2. The van der Waals surface area contributed by atoms with E-state index in [-0.39, 0.29) is 5.91 Å². The molecule has 0 fully saturated rings. The summed E-state index contributed by atoms with van der Waals surface area (Å²) in [5, 5.41) is 5.78. The topological polar surface area (TPSA) is 50.4 Å². The predicted octanol–water partition coefficient (Wildman–Crippen LogP) is 5.28. The van der Waals surface area contributed by atoms with Crippen molar-refractivity contribution >= 4 is 46.4 Å². The van der Waals surface area contributed by atoms with Gasteiger partial charge in [0.25, 0.3) is 0 Å². The Hall–Kier alpha value is -0.840. The van der Waals surface area contributed by atoms with E-state index in [0.29, 0.717) is 6.42 Å². The summed E-state index contributed by atoms with van der Waals surface area (Å²) >= 11 is 17.9. The van der Waals surface area contributed by atoms with Crippen molar-refractivity contribution < 1.29 is 9.53 Å². The maximum atomic E-state index is 12.1. The lowest BCUT2D eigenvalue weighted by Gasteiger charge is -2.27. The molecule has 0 saturated heterocycles. The maximum Gasteiger partial charge on any atom is 0.228 e. The molecule has 4 nitrogen and oxygen atoms in total. The van der Waals surface area contributed by atoms with Crippen LogP contribution in [0.25, 0.3) is 0 Å². The Kier molecular flexibility index (Phi) is 9.64. The van der Waals surface area contributed by atoms with Gasteiger partial charge >= 0.3 is 0 Å². The highest BCUT2D eigenvalue weighted by Gasteiger charge is 2.33. The minimum absolute atomic E-state index is 0.135. The molecular formula is C17H25Cl3N2O2. The first-order valence-corrected chi connectivity index (χ1v) is 9.27. The standard InChI is InChI=1S/C17H25Cl3N2O2/c1-3-4-5-6-7-8-15(23)22-16(17(18,19)20)21-13-9-11-14(24-2)12-10-13/h9-12,16,21H,3-8H2,1-2H3,(H,22,23)/t16-/m1/s1. The largest absolute Gasteiger partial charge is 0.497 e. The van der Waals surface area contributed by atoms with E-state index in [2.05, 4.69) is 17.6 Å². The molecule has 0 unspecified atom stereocenters. The Labute approximate surface area is 159 Å². The Balaban J connectivity index is 2.54. The van der Waals surface area contributed by atoms with Gasteiger partial charge in [0.15, 0.2) is 0 Å². The SMILES string of the molecule is CCCCCCCC(=O)N[C@@H](Nc1ccc(OC)cc1)C(Cl)(Cl)Cl. The lowest BCUT2D eigenvalue weighted by Crippen LogP contribution is -2.49. The number of ether oxygens (including phenoxy) is 1. The van der Waals surface area contributed by atoms with Gasteiger partial charge < -0.3 is 15.4 Å². The maximum absolute atomic E-state index is 12.1. The van der Waals surface area contributed by atoms with E-state index < -0.39 is 9.96 Å². The Morgan fingerprint density at radius 3 is 2.29 bits per heavy atom. The molecule has 24 heavy (non-hydrogen) atoms. The van der Waals surface area contributed by atoms with Crippen LogP contribution < -0.4 is 15.4 Å². The number of methoxy groups -OCH3 is 1. The number of nitrogens with one attached hydrogen (secondary N) is 2. The fraction of sp³-hybridized carbons (Fsp3) is 0.588. The van der Waals surface area contributed by atoms with Gasteiger partial charge in [-0.05, 0) is 30.7 Å². The lowest BCUT2D eigenvalue weighted by atomic mass is 10.1. The molecule has 0 aliphatic heterocycles. The van der Waals surface area contributed by atoms with Crippen LogP contribution in [0.15, 0.2) is 24.3 Å². The summed E-state index contributed by atoms with van der Waals surface area (Å²) in [5.41, 5.74) is 0.718. The third-order valence-corrected chi connectivity index (χ3v) is 4.20. The molecule has 136 valence electrons. The van der Waals surface area contributed by atoms with Crippen molar-refractivity contribution in [1.82, 2.24) is 5.32 Å². The van der Waals surface area contributed by atoms with Gasteiger partial charge in [-0.3, -0.25) is 4.79 Å². The highest BCUT2D eigenvalue weighted by atomic mass is 35.6. The fourth-order valence-electron chi connectivity index (χ4n) is 2.18. The van der Waals surface area contributed by atoms with E-state index in [1.165, 1.54) is 12.8 Å². The number of carbonyl (C=O) groups is 1. The fourth-order valence-corrected chi connectivity index (χ4v) is 2.50. The Morgan fingerprint density at radius 1 is 1.12 bits per heavy atom. The van der Waals surface area contributed by atoms with Crippen LogP contribution in [-0.2, 0) is 4.79 Å². The van der Waals surface area contributed by atoms with E-state index in [0.717, 1.165) is 30.7 Å². The Bertz CT molecular complexity index is 490. The number of hydrogen-bond acceptors (Lipinski definition) is 3. The van der Waals surface area contributed by atoms with E-state index in [1.807, 2.05) is 0 Å². The molecule has 0 bridgehead atoms. The molecule has 0 radical (unpaired) electrons. The van der Waals surface area contributed by atoms with E-state index in [4.69, 9.17) is 39.5 Å². The molecule has 2 N–H and O–H groups in total. The molecule has 0 aliphatic rings. The second-order valence-electron chi connectivity index (χ2n) is 5.58. The van der Waals surface area contributed by atoms with Crippen LogP contribution in [0.3, 0.4) is 0 Å². The molecule has 0 spiro atoms. The van der Waals surface area contributed by atoms with Crippen molar-refractivity contribution in [1.29, 1.82) is 0 Å². The number of unbranched alkanes of at least 4 members (excludes halogenated alkanes) is 4. The first kappa shape index (κ1) is 21.2. The number of halogens is 3. The summed E-state index contributed by atoms with van der Waals surface area (Å²) in [5.74, 6) is 0.589. The van der Waals surface area contributed by atoms with E-state index in [1.54, 1.807) is 31.4 Å². The minimum Gasteiger partial charge on any atom is -0.497 e. The molecule has 1 amide bonds. The highest BCUT2D eigenvalue weighted by molar-refractivity contribution is 6.68.